The summed E-state index contributed by atoms with van der Waals surface area (Å²) in [5.41, 5.74) is 0.951. The molecule has 0 atom stereocenters. The number of pyridine rings is 1. The first-order valence-electron chi connectivity index (χ1n) is 8.95. The smallest absolute Gasteiger partial charge is 0.246 e. The largest absolute Gasteiger partial charge is 0.384 e. The quantitative estimate of drug-likeness (QED) is 0.697. The van der Waals surface area contributed by atoms with Crippen LogP contribution in [0.25, 0.3) is 11.5 Å². The van der Waals surface area contributed by atoms with Crippen molar-refractivity contribution in [3.8, 4) is 11.5 Å². The average Bonchev–Trinajstić information content (AvgIpc) is 2.72. The molecule has 0 bridgehead atoms. The molecule has 2 aromatic heterocycles. The summed E-state index contributed by atoms with van der Waals surface area (Å²) in [4.78, 5) is 26.5. The van der Waals surface area contributed by atoms with Crippen LogP contribution in [0.1, 0.15) is 12.1 Å². The minimum Gasteiger partial charge on any atom is -0.384 e. The maximum atomic E-state index is 13.0. The van der Waals surface area contributed by atoms with Crippen LogP contribution in [-0.2, 0) is 19.6 Å². The molecule has 10 heteroatoms. The van der Waals surface area contributed by atoms with Gasteiger partial charge in [-0.25, -0.2) is 18.4 Å². The van der Waals surface area contributed by atoms with Crippen molar-refractivity contribution in [1.29, 1.82) is 0 Å². The second-order valence-corrected chi connectivity index (χ2v) is 8.29. The summed E-state index contributed by atoms with van der Waals surface area (Å²) in [6, 6.07) is 5.37. The summed E-state index contributed by atoms with van der Waals surface area (Å²) < 4.78 is 32.3. The molecule has 1 saturated heterocycles. The van der Waals surface area contributed by atoms with E-state index in [1.54, 1.807) is 37.3 Å². The Hall–Kier alpha value is -2.43. The van der Waals surface area contributed by atoms with Gasteiger partial charge in [0.05, 0.1) is 24.9 Å². The second-order valence-electron chi connectivity index (χ2n) is 6.39. The first-order chi connectivity index (χ1) is 13.4. The zero-order chi connectivity index (χ0) is 20.1. The number of hydrogen-bond donors (Lipinski definition) is 0. The van der Waals surface area contributed by atoms with Crippen molar-refractivity contribution in [3.05, 3.63) is 36.3 Å². The summed E-state index contributed by atoms with van der Waals surface area (Å²) in [6.07, 6.45) is 3.26. The molecule has 0 unspecified atom stereocenters. The number of carbonyl (C=O) groups is 1. The van der Waals surface area contributed by atoms with Crippen molar-refractivity contribution in [1.82, 2.24) is 24.2 Å². The number of sulfonamides is 1. The van der Waals surface area contributed by atoms with Crippen LogP contribution in [0.15, 0.2) is 35.5 Å². The van der Waals surface area contributed by atoms with Gasteiger partial charge in [0.25, 0.3) is 0 Å². The van der Waals surface area contributed by atoms with Gasteiger partial charge in [-0.05, 0) is 19.1 Å². The fourth-order valence-corrected chi connectivity index (χ4v) is 4.52. The van der Waals surface area contributed by atoms with Crippen molar-refractivity contribution in [3.63, 3.8) is 0 Å². The van der Waals surface area contributed by atoms with Gasteiger partial charge in [-0.2, -0.15) is 4.31 Å². The Labute approximate surface area is 164 Å². The van der Waals surface area contributed by atoms with Crippen LogP contribution in [0.4, 0.5) is 0 Å². The molecule has 150 valence electrons. The molecule has 3 heterocycles. The van der Waals surface area contributed by atoms with Crippen LogP contribution in [0.5, 0.6) is 0 Å². The van der Waals surface area contributed by atoms with Crippen LogP contribution in [0, 0.1) is 6.92 Å². The number of methoxy groups -OCH3 is 1. The monoisotopic (exact) mass is 405 g/mol. The van der Waals surface area contributed by atoms with Gasteiger partial charge < -0.3 is 9.64 Å². The lowest BCUT2D eigenvalue weighted by Gasteiger charge is -2.34. The maximum absolute atomic E-state index is 13.0. The van der Waals surface area contributed by atoms with Crippen LogP contribution in [0.3, 0.4) is 0 Å². The fraction of sp³-hybridized carbons (Fsp3) is 0.444. The summed E-state index contributed by atoms with van der Waals surface area (Å²) in [6.45, 7) is 3.19. The van der Waals surface area contributed by atoms with E-state index in [9.17, 15) is 13.2 Å². The van der Waals surface area contributed by atoms with E-state index in [0.29, 0.717) is 43.3 Å². The fourth-order valence-electron chi connectivity index (χ4n) is 2.99. The van der Waals surface area contributed by atoms with Crippen molar-refractivity contribution >= 4 is 15.9 Å². The molecular weight excluding hydrogens is 382 g/mol. The van der Waals surface area contributed by atoms with E-state index in [1.165, 1.54) is 10.5 Å². The first kappa shape index (κ1) is 20.3. The highest BCUT2D eigenvalue weighted by Gasteiger charge is 2.31. The minimum absolute atomic E-state index is 0.0295. The van der Waals surface area contributed by atoms with Gasteiger partial charge in [0, 0.05) is 39.5 Å². The number of piperazine rings is 1. The number of hydrogen-bond acceptors (Lipinski definition) is 7. The van der Waals surface area contributed by atoms with Crippen LogP contribution < -0.4 is 0 Å². The molecule has 1 aliphatic rings. The Morgan fingerprint density at radius 3 is 2.54 bits per heavy atom. The van der Waals surface area contributed by atoms with Crippen molar-refractivity contribution < 1.29 is 17.9 Å². The van der Waals surface area contributed by atoms with E-state index >= 15 is 0 Å². The van der Waals surface area contributed by atoms with E-state index < -0.39 is 10.0 Å². The van der Waals surface area contributed by atoms with Gasteiger partial charge in [-0.3, -0.25) is 9.78 Å². The third-order valence-electron chi connectivity index (χ3n) is 4.56. The van der Waals surface area contributed by atoms with Gasteiger partial charge in [0.2, 0.25) is 15.9 Å². The van der Waals surface area contributed by atoms with Crippen LogP contribution >= 0.6 is 0 Å². The molecule has 0 N–H and O–H groups in total. The van der Waals surface area contributed by atoms with Gasteiger partial charge in [-0.1, -0.05) is 6.07 Å². The van der Waals surface area contributed by atoms with E-state index in [4.69, 9.17) is 4.74 Å². The number of ether oxygens (including phenoxy) is 1. The number of aryl methyl sites for hydroxylation is 1. The van der Waals surface area contributed by atoms with Gasteiger partial charge >= 0.3 is 0 Å². The van der Waals surface area contributed by atoms with E-state index in [2.05, 4.69) is 15.0 Å². The molecule has 3 rings (SSSR count). The molecule has 1 aliphatic heterocycles. The first-order valence-corrected chi connectivity index (χ1v) is 10.4. The number of aromatic nitrogens is 3. The van der Waals surface area contributed by atoms with E-state index in [1.807, 2.05) is 6.07 Å². The van der Waals surface area contributed by atoms with Gasteiger partial charge in [-0.15, -0.1) is 0 Å². The van der Waals surface area contributed by atoms with Crippen LogP contribution in [-0.4, -0.2) is 78.4 Å². The summed E-state index contributed by atoms with van der Waals surface area (Å²) in [5, 5.41) is 0. The molecule has 28 heavy (non-hydrogen) atoms. The highest BCUT2D eigenvalue weighted by molar-refractivity contribution is 7.89. The molecular formula is C18H23N5O4S. The predicted molar refractivity (Wildman–Crippen MR) is 102 cm³/mol. The van der Waals surface area contributed by atoms with Gasteiger partial charge in [0.15, 0.2) is 5.82 Å². The Morgan fingerprint density at radius 1 is 1.18 bits per heavy atom. The molecule has 0 radical (unpaired) electrons. The Bertz CT molecular complexity index is 928. The third kappa shape index (κ3) is 4.34. The number of rotatable bonds is 6. The number of carbonyl (C=O) groups excluding carboxylic acids is 1. The van der Waals surface area contributed by atoms with E-state index in [-0.39, 0.29) is 23.9 Å². The number of nitrogens with zero attached hydrogens (tertiary/aromatic N) is 5. The second kappa shape index (κ2) is 8.72. The van der Waals surface area contributed by atoms with Crippen molar-refractivity contribution in [2.75, 3.05) is 39.9 Å². The SMILES string of the molecule is COCCC(=O)N1CCN(S(=O)(=O)c2cnc(-c3ccccn3)nc2C)CC1. The molecule has 0 saturated carbocycles. The third-order valence-corrected chi connectivity index (χ3v) is 6.56. The lowest BCUT2D eigenvalue weighted by atomic mass is 10.3. The molecule has 1 amide bonds. The Kier molecular flexibility index (Phi) is 6.32. The molecule has 9 nitrogen and oxygen atoms in total. The number of amides is 1. The molecule has 0 spiro atoms. The standard InChI is InChI=1S/C18H23N5O4S/c1-14-16(13-20-18(21-14)15-5-3-4-7-19-15)28(25,26)23-10-8-22(9-11-23)17(24)6-12-27-2/h3-5,7,13H,6,8-12H2,1-2H3. The van der Waals surface area contributed by atoms with E-state index in [0.717, 1.165) is 0 Å². The average molecular weight is 405 g/mol. The minimum atomic E-state index is -3.73. The highest BCUT2D eigenvalue weighted by atomic mass is 32.2. The van der Waals surface area contributed by atoms with Crippen molar-refractivity contribution in [2.24, 2.45) is 0 Å². The summed E-state index contributed by atoms with van der Waals surface area (Å²) >= 11 is 0. The predicted octanol–water partition coefficient (Wildman–Crippen LogP) is 0.716. The Morgan fingerprint density at radius 2 is 1.93 bits per heavy atom. The molecule has 1 fully saturated rings. The lowest BCUT2D eigenvalue weighted by molar-refractivity contribution is -0.133. The summed E-state index contributed by atoms with van der Waals surface area (Å²) in [5.74, 6) is 0.351. The topological polar surface area (TPSA) is 106 Å². The molecule has 2 aromatic rings. The molecule has 0 aromatic carbocycles. The maximum Gasteiger partial charge on any atom is 0.246 e. The zero-order valence-corrected chi connectivity index (χ0v) is 16.7. The van der Waals surface area contributed by atoms with Gasteiger partial charge in [0.1, 0.15) is 10.6 Å². The normalized spacial score (nSPS) is 15.6. The van der Waals surface area contributed by atoms with Crippen molar-refractivity contribution in [2.45, 2.75) is 18.2 Å². The Balaban J connectivity index is 1.72. The van der Waals surface area contributed by atoms with Crippen LogP contribution in [0.2, 0.25) is 0 Å². The highest BCUT2D eigenvalue weighted by Crippen LogP contribution is 2.21. The summed E-state index contributed by atoms with van der Waals surface area (Å²) in [7, 11) is -2.19. The zero-order valence-electron chi connectivity index (χ0n) is 15.9. The lowest BCUT2D eigenvalue weighted by Crippen LogP contribution is -2.50. The molecule has 0 aliphatic carbocycles.